The van der Waals surface area contributed by atoms with Gasteiger partial charge in [-0.15, -0.1) is 20.4 Å². The van der Waals surface area contributed by atoms with Crippen molar-refractivity contribution in [1.82, 2.24) is 70.8 Å². The van der Waals surface area contributed by atoms with E-state index in [1.165, 1.54) is 0 Å². The normalized spacial score (nSPS) is 12.3. The van der Waals surface area contributed by atoms with Crippen molar-refractivity contribution in [3.8, 4) is 45.0 Å². The molecule has 0 saturated carbocycles. The van der Waals surface area contributed by atoms with E-state index in [-0.39, 0.29) is 36.5 Å². The third-order valence-electron chi connectivity index (χ3n) is 11.7. The van der Waals surface area contributed by atoms with Gasteiger partial charge in [-0.05, 0) is 144 Å². The Morgan fingerprint density at radius 2 is 0.849 bits per heavy atom. The van der Waals surface area contributed by atoms with Crippen LogP contribution in [0.15, 0.2) is 97.1 Å². The molecule has 18 nitrogen and oxygen atoms in total. The minimum atomic E-state index is -1.03. The molecule has 8 aromatic rings. The molecule has 0 radical (unpaired) electrons. The highest BCUT2D eigenvalue weighted by Gasteiger charge is 2.40. The van der Waals surface area contributed by atoms with Crippen LogP contribution >= 0.6 is 0 Å². The van der Waals surface area contributed by atoms with Crippen LogP contribution < -0.4 is 0 Å². The van der Waals surface area contributed by atoms with E-state index < -0.39 is 11.6 Å². The van der Waals surface area contributed by atoms with Gasteiger partial charge >= 0.3 is 0 Å². The van der Waals surface area contributed by atoms with Gasteiger partial charge in [0, 0.05) is 42.5 Å². The number of aromatic nitrogens is 14. The van der Waals surface area contributed by atoms with Crippen LogP contribution in [-0.4, -0.2) is 95.2 Å². The molecule has 0 amide bonds. The first-order valence-corrected chi connectivity index (χ1v) is 25.4. The SMILES string of the molecule is CC(C)OC(C)(OC(C)C)c1nc(Cc2ccc(-c3ccccc3-c3nnn[nH]3)cc2)n(C(C)C)n1.CCC(OC(C)C)(OC(C)C)c1nc(Cc2ccc(-c3ccccc3-c3nnn[nH]3)cc2)n(C(C)C)n1. The number of hydrogen-bond donors (Lipinski definition) is 2. The number of tetrazole rings is 2. The number of ether oxygens (including phenoxy) is 4. The molecule has 0 aliphatic carbocycles. The van der Waals surface area contributed by atoms with E-state index in [1.54, 1.807) is 0 Å². The summed E-state index contributed by atoms with van der Waals surface area (Å²) in [5.74, 6) is 2.13. The first-order chi connectivity index (χ1) is 34.9. The van der Waals surface area contributed by atoms with Gasteiger partial charge in [0.15, 0.2) is 11.6 Å². The molecule has 73 heavy (non-hydrogen) atoms. The fraction of sp³-hybridized carbons (Fsp3) is 0.455. The van der Waals surface area contributed by atoms with Gasteiger partial charge in [-0.3, -0.25) is 0 Å². The summed E-state index contributed by atoms with van der Waals surface area (Å²) in [4.78, 5) is 9.89. The Kier molecular flexibility index (Phi) is 17.6. The van der Waals surface area contributed by atoms with Crippen LogP contribution in [-0.2, 0) is 43.4 Å². The summed E-state index contributed by atoms with van der Waals surface area (Å²) >= 11 is 0. The lowest BCUT2D eigenvalue weighted by Crippen LogP contribution is -2.38. The zero-order valence-corrected chi connectivity index (χ0v) is 44.8. The molecule has 0 aliphatic heterocycles. The molecular weight excluding hydrogens is 921 g/mol. The average Bonchev–Trinajstić information content (AvgIpc) is 4.20. The second-order valence-electron chi connectivity index (χ2n) is 19.8. The van der Waals surface area contributed by atoms with Crippen molar-refractivity contribution in [2.75, 3.05) is 0 Å². The Labute approximate surface area is 429 Å². The lowest BCUT2D eigenvalue weighted by Gasteiger charge is -2.33. The van der Waals surface area contributed by atoms with Crippen LogP contribution in [0.1, 0.15) is 150 Å². The maximum Gasteiger partial charge on any atom is 0.232 e. The van der Waals surface area contributed by atoms with Crippen molar-refractivity contribution >= 4 is 0 Å². The van der Waals surface area contributed by atoms with E-state index in [0.29, 0.717) is 42.6 Å². The maximum atomic E-state index is 6.31. The average molecular weight is 993 g/mol. The van der Waals surface area contributed by atoms with Gasteiger partial charge < -0.3 is 18.9 Å². The van der Waals surface area contributed by atoms with Gasteiger partial charge in [-0.2, -0.15) is 0 Å². The molecule has 18 heteroatoms. The van der Waals surface area contributed by atoms with E-state index in [1.807, 2.05) is 115 Å². The van der Waals surface area contributed by atoms with Gasteiger partial charge in [0.1, 0.15) is 11.6 Å². The molecule has 0 aliphatic rings. The van der Waals surface area contributed by atoms with Gasteiger partial charge in [0.05, 0.1) is 24.4 Å². The largest absolute Gasteiger partial charge is 0.341 e. The highest BCUT2D eigenvalue weighted by atomic mass is 16.7. The highest BCUT2D eigenvalue weighted by molar-refractivity contribution is 5.81. The molecule has 0 atom stereocenters. The summed E-state index contributed by atoms with van der Waals surface area (Å²) in [6.45, 7) is 28.3. The molecule has 8 rings (SSSR count). The summed E-state index contributed by atoms with van der Waals surface area (Å²) in [5.41, 5.74) is 8.47. The van der Waals surface area contributed by atoms with Crippen LogP contribution in [0.25, 0.3) is 45.0 Å². The van der Waals surface area contributed by atoms with E-state index in [4.69, 9.17) is 39.1 Å². The van der Waals surface area contributed by atoms with E-state index in [0.717, 1.165) is 56.2 Å². The highest BCUT2D eigenvalue weighted by Crippen LogP contribution is 2.35. The molecule has 4 aromatic heterocycles. The van der Waals surface area contributed by atoms with Gasteiger partial charge in [0.2, 0.25) is 23.2 Å². The molecule has 386 valence electrons. The third kappa shape index (κ3) is 13.2. The minimum absolute atomic E-state index is 0.0312. The zero-order chi connectivity index (χ0) is 52.5. The number of nitrogens with zero attached hydrogens (tertiary/aromatic N) is 12. The summed E-state index contributed by atoms with van der Waals surface area (Å²) < 4.78 is 28.9. The second-order valence-corrected chi connectivity index (χ2v) is 19.8. The van der Waals surface area contributed by atoms with E-state index in [9.17, 15) is 0 Å². The summed E-state index contributed by atoms with van der Waals surface area (Å²) in [7, 11) is 0. The van der Waals surface area contributed by atoms with Crippen LogP contribution in [0.4, 0.5) is 0 Å². The lowest BCUT2D eigenvalue weighted by molar-refractivity contribution is -0.284. The monoisotopic (exact) mass is 993 g/mol. The molecule has 0 unspecified atom stereocenters. The Hall–Kier alpha value is -6.86. The van der Waals surface area contributed by atoms with Crippen LogP contribution in [0.3, 0.4) is 0 Å². The van der Waals surface area contributed by atoms with Gasteiger partial charge in [-0.1, -0.05) is 104 Å². The Morgan fingerprint density at radius 1 is 0.479 bits per heavy atom. The van der Waals surface area contributed by atoms with Crippen molar-refractivity contribution in [1.29, 1.82) is 0 Å². The van der Waals surface area contributed by atoms with Crippen LogP contribution in [0.5, 0.6) is 0 Å². The molecule has 4 heterocycles. The third-order valence-corrected chi connectivity index (χ3v) is 11.7. The fourth-order valence-corrected chi connectivity index (χ4v) is 8.78. The number of rotatable bonds is 21. The standard InChI is InChI=1S/C28H37N7O2.C27H35N7O2/c1-8-28(36-19(4)5,37-20(6)7)27-29-25(35(32-27)18(2)3)17-21-13-15-22(16-14-21)23-11-9-10-12-24(23)26-30-33-34-31-26;1-17(2)34-24(28-26(31-34)27(7,35-18(3)4)36-19(5)6)16-20-12-14-21(15-13-20)22-10-8-9-11-23(22)25-29-32-33-30-25/h9-16,18-20H,8,17H2,1-7H3,(H,30,31,33,34);8-15,17-19H,16H2,1-7H3,(H,29,30,32,33). The number of hydrogen-bond acceptors (Lipinski definition) is 14. The predicted octanol–water partition coefficient (Wildman–Crippen LogP) is 11.0. The quantitative estimate of drug-likeness (QED) is 0.0642. The molecule has 0 fully saturated rings. The smallest absolute Gasteiger partial charge is 0.232 e. The van der Waals surface area contributed by atoms with Crippen molar-refractivity contribution in [2.45, 2.75) is 164 Å². The van der Waals surface area contributed by atoms with E-state index >= 15 is 0 Å². The number of benzene rings is 4. The molecule has 0 saturated heterocycles. The topological polar surface area (TPSA) is 207 Å². The predicted molar refractivity (Wildman–Crippen MR) is 281 cm³/mol. The van der Waals surface area contributed by atoms with Crippen molar-refractivity contribution in [2.24, 2.45) is 0 Å². The number of aromatic amines is 2. The van der Waals surface area contributed by atoms with Crippen molar-refractivity contribution < 1.29 is 18.9 Å². The fourth-order valence-electron chi connectivity index (χ4n) is 8.78. The zero-order valence-electron chi connectivity index (χ0n) is 44.8. The van der Waals surface area contributed by atoms with Gasteiger partial charge in [0.25, 0.3) is 0 Å². The molecule has 2 N–H and O–H groups in total. The Bertz CT molecular complexity index is 2920. The van der Waals surface area contributed by atoms with E-state index in [2.05, 4.69) is 130 Å². The molecule has 0 bridgehead atoms. The summed E-state index contributed by atoms with van der Waals surface area (Å²) in [5, 5.41) is 38.4. The first kappa shape index (κ1) is 53.9. The Morgan fingerprint density at radius 3 is 1.19 bits per heavy atom. The van der Waals surface area contributed by atoms with Crippen molar-refractivity contribution in [3.05, 3.63) is 131 Å². The van der Waals surface area contributed by atoms with Gasteiger partial charge in [-0.25, -0.2) is 29.5 Å². The second kappa shape index (κ2) is 23.8. The first-order valence-electron chi connectivity index (χ1n) is 25.4. The molecule has 4 aromatic carbocycles. The van der Waals surface area contributed by atoms with Crippen molar-refractivity contribution in [3.63, 3.8) is 0 Å². The Balaban J connectivity index is 0.000000214. The molecule has 0 spiro atoms. The summed E-state index contributed by atoms with van der Waals surface area (Å²) in [6.07, 6.45) is 1.76. The van der Waals surface area contributed by atoms with Crippen LogP contribution in [0, 0.1) is 0 Å². The lowest BCUT2D eigenvalue weighted by atomic mass is 9.98. The number of H-pyrrole nitrogens is 2. The van der Waals surface area contributed by atoms with Crippen LogP contribution in [0.2, 0.25) is 0 Å². The summed E-state index contributed by atoms with van der Waals surface area (Å²) in [6, 6.07) is 33.4. The minimum Gasteiger partial charge on any atom is -0.341 e. The maximum absolute atomic E-state index is 6.31. The molecular formula is C55H72N14O4. The number of nitrogens with one attached hydrogen (secondary N) is 2.